The van der Waals surface area contributed by atoms with Crippen molar-refractivity contribution in [1.82, 2.24) is 14.6 Å². The van der Waals surface area contributed by atoms with Crippen LogP contribution in [0.4, 0.5) is 5.82 Å². The van der Waals surface area contributed by atoms with Crippen LogP contribution in [0.3, 0.4) is 0 Å². The van der Waals surface area contributed by atoms with E-state index >= 15 is 0 Å². The van der Waals surface area contributed by atoms with Crippen LogP contribution in [0.2, 0.25) is 0 Å². The fourth-order valence-electron chi connectivity index (χ4n) is 4.15. The fraction of sp³-hybridized carbons (Fsp3) is 0.478. The van der Waals surface area contributed by atoms with Crippen molar-refractivity contribution >= 4 is 21.7 Å². The lowest BCUT2D eigenvalue weighted by Crippen LogP contribution is -2.42. The maximum atomic E-state index is 13.1. The standard InChI is InChI=1S/C23H30N4O4S/c1-18-5-2-3-10-27(18)32(29,30)21-7-4-6-20(15-21)23(28)25-17-19-8-9-22(24-16-19)26-11-13-31-14-12-26/h4,6-9,15-16,18H,2-3,5,10-14,17H2,1H3,(H,25,28). The van der Waals surface area contributed by atoms with E-state index in [2.05, 4.69) is 15.2 Å². The molecular formula is C23H30N4O4S. The van der Waals surface area contributed by atoms with Gasteiger partial charge in [0.1, 0.15) is 5.82 Å². The van der Waals surface area contributed by atoms with Crippen LogP contribution in [0.15, 0.2) is 47.5 Å². The van der Waals surface area contributed by atoms with Gasteiger partial charge in [-0.25, -0.2) is 13.4 Å². The van der Waals surface area contributed by atoms with Crippen molar-refractivity contribution in [2.45, 2.75) is 43.7 Å². The first-order valence-corrected chi connectivity index (χ1v) is 12.6. The number of nitrogens with zero attached hydrogens (tertiary/aromatic N) is 3. The average Bonchev–Trinajstić information content (AvgIpc) is 2.83. The number of carbonyl (C=O) groups is 1. The Morgan fingerprint density at radius 2 is 1.97 bits per heavy atom. The molecule has 172 valence electrons. The van der Waals surface area contributed by atoms with Gasteiger partial charge in [-0.3, -0.25) is 4.79 Å². The highest BCUT2D eigenvalue weighted by molar-refractivity contribution is 7.89. The molecule has 9 heteroatoms. The zero-order chi connectivity index (χ0) is 22.6. The number of aromatic nitrogens is 1. The van der Waals surface area contributed by atoms with Crippen LogP contribution in [0.5, 0.6) is 0 Å². The van der Waals surface area contributed by atoms with Crippen LogP contribution < -0.4 is 10.2 Å². The van der Waals surface area contributed by atoms with Crippen LogP contribution in [-0.2, 0) is 21.3 Å². The number of benzene rings is 1. The molecule has 1 aromatic carbocycles. The molecule has 8 nitrogen and oxygen atoms in total. The molecule has 1 amide bonds. The number of piperidine rings is 1. The lowest BCUT2D eigenvalue weighted by Gasteiger charge is -2.32. The van der Waals surface area contributed by atoms with Crippen molar-refractivity contribution in [3.8, 4) is 0 Å². The molecule has 1 unspecified atom stereocenters. The first kappa shape index (κ1) is 22.7. The van der Waals surface area contributed by atoms with Crippen LogP contribution >= 0.6 is 0 Å². The summed E-state index contributed by atoms with van der Waals surface area (Å²) in [6.07, 6.45) is 4.52. The maximum Gasteiger partial charge on any atom is 0.251 e. The van der Waals surface area contributed by atoms with Crippen LogP contribution in [0, 0.1) is 0 Å². The van der Waals surface area contributed by atoms with Crippen LogP contribution in [-0.4, -0.2) is 62.5 Å². The summed E-state index contributed by atoms with van der Waals surface area (Å²) in [7, 11) is -3.62. The quantitative estimate of drug-likeness (QED) is 0.715. The number of sulfonamides is 1. The summed E-state index contributed by atoms with van der Waals surface area (Å²) in [5.41, 5.74) is 1.20. The number of anilines is 1. The topological polar surface area (TPSA) is 91.8 Å². The summed E-state index contributed by atoms with van der Waals surface area (Å²) in [6.45, 7) is 5.81. The van der Waals surface area contributed by atoms with Gasteiger partial charge in [-0.2, -0.15) is 4.31 Å². The van der Waals surface area contributed by atoms with Crippen LogP contribution in [0.1, 0.15) is 42.1 Å². The van der Waals surface area contributed by atoms with E-state index in [1.54, 1.807) is 28.7 Å². The first-order valence-electron chi connectivity index (χ1n) is 11.1. The van der Waals surface area contributed by atoms with Crippen molar-refractivity contribution in [2.75, 3.05) is 37.7 Å². The summed E-state index contributed by atoms with van der Waals surface area (Å²) in [5.74, 6) is 0.583. The monoisotopic (exact) mass is 458 g/mol. The average molecular weight is 459 g/mol. The summed E-state index contributed by atoms with van der Waals surface area (Å²) in [5, 5.41) is 2.86. The van der Waals surface area contributed by atoms with E-state index in [4.69, 9.17) is 4.74 Å². The molecule has 1 N–H and O–H groups in total. The molecule has 0 aliphatic carbocycles. The minimum Gasteiger partial charge on any atom is -0.378 e. The van der Waals surface area contributed by atoms with Crippen LogP contribution in [0.25, 0.3) is 0 Å². The number of pyridine rings is 1. The minimum atomic E-state index is -3.62. The lowest BCUT2D eigenvalue weighted by molar-refractivity contribution is 0.0950. The zero-order valence-corrected chi connectivity index (χ0v) is 19.2. The Hall–Kier alpha value is -2.49. The van der Waals surface area contributed by atoms with Crippen molar-refractivity contribution in [3.05, 3.63) is 53.7 Å². The van der Waals surface area contributed by atoms with E-state index in [1.165, 1.54) is 6.07 Å². The highest BCUT2D eigenvalue weighted by Crippen LogP contribution is 2.25. The van der Waals surface area contributed by atoms with E-state index in [-0.39, 0.29) is 16.8 Å². The molecule has 0 bridgehead atoms. The van der Waals surface area contributed by atoms with Gasteiger partial charge in [0.05, 0.1) is 18.1 Å². The molecule has 4 rings (SSSR count). The van der Waals surface area contributed by atoms with E-state index in [9.17, 15) is 13.2 Å². The smallest absolute Gasteiger partial charge is 0.251 e. The highest BCUT2D eigenvalue weighted by atomic mass is 32.2. The Morgan fingerprint density at radius 1 is 1.16 bits per heavy atom. The summed E-state index contributed by atoms with van der Waals surface area (Å²) >= 11 is 0. The number of carbonyl (C=O) groups excluding carboxylic acids is 1. The molecule has 2 saturated heterocycles. The number of morpholine rings is 1. The number of rotatable bonds is 6. The Labute approximate surface area is 189 Å². The lowest BCUT2D eigenvalue weighted by atomic mass is 10.1. The minimum absolute atomic E-state index is 0.0285. The van der Waals surface area contributed by atoms with E-state index in [1.807, 2.05) is 19.1 Å². The summed E-state index contributed by atoms with van der Waals surface area (Å²) < 4.78 is 33.1. The predicted octanol–water partition coefficient (Wildman–Crippen LogP) is 2.41. The molecule has 3 heterocycles. The third-order valence-electron chi connectivity index (χ3n) is 6.04. The maximum absolute atomic E-state index is 13.1. The van der Waals surface area contributed by atoms with Gasteiger partial charge in [0.15, 0.2) is 0 Å². The Morgan fingerprint density at radius 3 is 2.69 bits per heavy atom. The Balaban J connectivity index is 1.39. The molecule has 2 aliphatic heterocycles. The Kier molecular flexibility index (Phi) is 7.07. The zero-order valence-electron chi connectivity index (χ0n) is 18.4. The van der Waals surface area contributed by atoms with Crippen molar-refractivity contribution in [1.29, 1.82) is 0 Å². The molecule has 0 radical (unpaired) electrons. The number of amides is 1. The molecule has 1 atom stereocenters. The van der Waals surface area contributed by atoms with E-state index in [0.29, 0.717) is 31.9 Å². The second-order valence-electron chi connectivity index (χ2n) is 8.30. The second kappa shape index (κ2) is 9.97. The normalized spacial score (nSPS) is 20.2. The van der Waals surface area contributed by atoms with Gasteiger partial charge < -0.3 is 15.0 Å². The van der Waals surface area contributed by atoms with Gasteiger partial charge in [-0.05, 0) is 49.6 Å². The van der Waals surface area contributed by atoms with E-state index < -0.39 is 10.0 Å². The van der Waals surface area contributed by atoms with Gasteiger partial charge in [0.2, 0.25) is 10.0 Å². The Bertz CT molecular complexity index is 1040. The molecule has 0 spiro atoms. The van der Waals surface area contributed by atoms with Gasteiger partial charge in [-0.15, -0.1) is 0 Å². The summed E-state index contributed by atoms with van der Waals surface area (Å²) in [4.78, 5) is 19.5. The number of hydrogen-bond donors (Lipinski definition) is 1. The molecular weight excluding hydrogens is 428 g/mol. The van der Waals surface area contributed by atoms with Crippen molar-refractivity contribution in [2.24, 2.45) is 0 Å². The molecule has 32 heavy (non-hydrogen) atoms. The molecule has 2 fully saturated rings. The summed E-state index contributed by atoms with van der Waals surface area (Å²) in [6, 6.07) is 10.1. The highest BCUT2D eigenvalue weighted by Gasteiger charge is 2.31. The van der Waals surface area contributed by atoms with Crippen molar-refractivity contribution in [3.63, 3.8) is 0 Å². The van der Waals surface area contributed by atoms with Gasteiger partial charge in [-0.1, -0.05) is 18.6 Å². The third-order valence-corrected chi connectivity index (χ3v) is 8.05. The predicted molar refractivity (Wildman–Crippen MR) is 122 cm³/mol. The van der Waals surface area contributed by atoms with E-state index in [0.717, 1.165) is 43.7 Å². The number of hydrogen-bond acceptors (Lipinski definition) is 6. The molecule has 2 aliphatic rings. The first-order chi connectivity index (χ1) is 15.4. The number of ether oxygens (including phenoxy) is 1. The molecule has 0 saturated carbocycles. The molecule has 1 aromatic heterocycles. The second-order valence-corrected chi connectivity index (χ2v) is 10.2. The fourth-order valence-corrected chi connectivity index (χ4v) is 5.89. The SMILES string of the molecule is CC1CCCCN1S(=O)(=O)c1cccc(C(=O)NCc2ccc(N3CCOCC3)nc2)c1. The largest absolute Gasteiger partial charge is 0.378 e. The van der Waals surface area contributed by atoms with Gasteiger partial charge in [0, 0.05) is 44.0 Å². The van der Waals surface area contributed by atoms with Crippen molar-refractivity contribution < 1.29 is 17.9 Å². The van der Waals surface area contributed by atoms with Gasteiger partial charge >= 0.3 is 0 Å². The third kappa shape index (κ3) is 5.11. The van der Waals surface area contributed by atoms with Gasteiger partial charge in [0.25, 0.3) is 5.91 Å². The molecule has 2 aromatic rings. The number of nitrogens with one attached hydrogen (secondary N) is 1.